The fraction of sp³-hybridized carbons (Fsp3) is 0.296. The van der Waals surface area contributed by atoms with Crippen molar-refractivity contribution in [1.29, 1.82) is 0 Å². The van der Waals surface area contributed by atoms with Crippen LogP contribution >= 0.6 is 11.3 Å². The highest BCUT2D eigenvalue weighted by Gasteiger charge is 2.36. The number of aromatic nitrogens is 1. The molecule has 5 rings (SSSR count). The second-order valence-corrected chi connectivity index (χ2v) is 11.9. The van der Waals surface area contributed by atoms with Crippen molar-refractivity contribution in [3.05, 3.63) is 82.9 Å². The first-order chi connectivity index (χ1) is 17.3. The standard InChI is InChI=1S/C27H29N3O4S2/c1-19-6-4-5-7-22(19)18-29-25(16-21-12-15-35-27(21)29)26(31)28-13-14-30(20(2)17-28)36(32,33)24-10-8-23(34-3)9-11-24/h4-12,15-16,20H,13-14,17-18H2,1-3H3. The fourth-order valence-corrected chi connectivity index (χ4v) is 7.30. The minimum atomic E-state index is -3.68. The van der Waals surface area contributed by atoms with Gasteiger partial charge in [-0.2, -0.15) is 4.31 Å². The van der Waals surface area contributed by atoms with E-state index in [2.05, 4.69) is 23.6 Å². The zero-order valence-electron chi connectivity index (χ0n) is 20.5. The minimum Gasteiger partial charge on any atom is -0.497 e. The van der Waals surface area contributed by atoms with Crippen LogP contribution in [0.1, 0.15) is 28.5 Å². The average Bonchev–Trinajstić information content (AvgIpc) is 3.47. The number of piperazine rings is 1. The smallest absolute Gasteiger partial charge is 0.270 e. The predicted molar refractivity (Wildman–Crippen MR) is 142 cm³/mol. The number of ether oxygens (including phenoxy) is 1. The van der Waals surface area contributed by atoms with E-state index < -0.39 is 10.0 Å². The van der Waals surface area contributed by atoms with Gasteiger partial charge in [0, 0.05) is 37.6 Å². The Morgan fingerprint density at radius 1 is 1.08 bits per heavy atom. The number of hydrogen-bond acceptors (Lipinski definition) is 5. The Bertz CT molecular complexity index is 1510. The summed E-state index contributed by atoms with van der Waals surface area (Å²) in [6.45, 7) is 5.45. The molecule has 1 fully saturated rings. The van der Waals surface area contributed by atoms with E-state index in [4.69, 9.17) is 4.74 Å². The number of methoxy groups -OCH3 is 1. The minimum absolute atomic E-state index is 0.0691. The van der Waals surface area contributed by atoms with E-state index in [0.29, 0.717) is 31.1 Å². The van der Waals surface area contributed by atoms with Gasteiger partial charge < -0.3 is 14.2 Å². The van der Waals surface area contributed by atoms with Crippen LogP contribution in [0.5, 0.6) is 5.75 Å². The molecular weight excluding hydrogens is 494 g/mol. The van der Waals surface area contributed by atoms with Crippen LogP contribution in [0.4, 0.5) is 0 Å². The molecule has 1 aliphatic rings. The molecule has 0 aliphatic carbocycles. The number of sulfonamides is 1. The van der Waals surface area contributed by atoms with Gasteiger partial charge in [0.2, 0.25) is 10.0 Å². The second kappa shape index (κ2) is 9.72. The van der Waals surface area contributed by atoms with Gasteiger partial charge in [-0.1, -0.05) is 24.3 Å². The lowest BCUT2D eigenvalue weighted by atomic mass is 10.1. The van der Waals surface area contributed by atoms with E-state index in [9.17, 15) is 13.2 Å². The molecule has 0 radical (unpaired) electrons. The Morgan fingerprint density at radius 2 is 1.83 bits per heavy atom. The maximum atomic E-state index is 13.7. The van der Waals surface area contributed by atoms with Gasteiger partial charge >= 0.3 is 0 Å². The summed E-state index contributed by atoms with van der Waals surface area (Å²) >= 11 is 1.62. The topological polar surface area (TPSA) is 71.9 Å². The summed E-state index contributed by atoms with van der Waals surface area (Å²) in [5, 5.41) is 3.09. The Hall–Kier alpha value is -3.14. The number of thiophene rings is 1. The number of hydrogen-bond donors (Lipinski definition) is 0. The molecule has 36 heavy (non-hydrogen) atoms. The van der Waals surface area contributed by atoms with E-state index in [1.54, 1.807) is 47.6 Å². The van der Waals surface area contributed by atoms with Crippen LogP contribution in [0.3, 0.4) is 0 Å². The van der Waals surface area contributed by atoms with Crippen LogP contribution in [-0.2, 0) is 16.6 Å². The molecule has 7 nitrogen and oxygen atoms in total. The molecule has 4 aromatic rings. The van der Waals surface area contributed by atoms with Crippen molar-refractivity contribution in [1.82, 2.24) is 13.8 Å². The third-order valence-electron chi connectivity index (χ3n) is 6.83. The molecule has 188 valence electrons. The van der Waals surface area contributed by atoms with Crippen LogP contribution < -0.4 is 4.74 Å². The summed E-state index contributed by atoms with van der Waals surface area (Å²) in [7, 11) is -2.13. The average molecular weight is 524 g/mol. The SMILES string of the molecule is COc1ccc(S(=O)(=O)N2CCN(C(=O)c3cc4ccsc4n3Cc3ccccc3C)CC2C)cc1. The molecule has 0 saturated carbocycles. The number of aryl methyl sites for hydroxylation is 1. The zero-order valence-corrected chi connectivity index (χ0v) is 22.2. The van der Waals surface area contributed by atoms with E-state index >= 15 is 0 Å². The monoisotopic (exact) mass is 523 g/mol. The molecule has 1 unspecified atom stereocenters. The van der Waals surface area contributed by atoms with E-state index in [0.717, 1.165) is 10.2 Å². The van der Waals surface area contributed by atoms with Crippen LogP contribution in [0.2, 0.25) is 0 Å². The summed E-state index contributed by atoms with van der Waals surface area (Å²) in [5.41, 5.74) is 2.99. The molecule has 0 spiro atoms. The number of fused-ring (bicyclic) bond motifs is 1. The maximum Gasteiger partial charge on any atom is 0.270 e. The normalized spacial score (nSPS) is 17.0. The van der Waals surface area contributed by atoms with Gasteiger partial charge in [-0.25, -0.2) is 8.42 Å². The van der Waals surface area contributed by atoms with Crippen molar-refractivity contribution in [2.75, 3.05) is 26.7 Å². The van der Waals surface area contributed by atoms with E-state index in [-0.39, 0.29) is 23.4 Å². The molecule has 0 N–H and O–H groups in total. The summed E-state index contributed by atoms with van der Waals surface area (Å²) in [6, 6.07) is 18.3. The number of nitrogens with zero attached hydrogens (tertiary/aromatic N) is 3. The molecule has 2 aromatic carbocycles. The summed E-state index contributed by atoms with van der Waals surface area (Å²) in [4.78, 5) is 16.8. The van der Waals surface area contributed by atoms with Gasteiger partial charge in [-0.3, -0.25) is 4.79 Å². The summed E-state index contributed by atoms with van der Waals surface area (Å²) in [6.07, 6.45) is 0. The van der Waals surface area contributed by atoms with Crippen LogP contribution in [-0.4, -0.2) is 60.9 Å². The predicted octanol–water partition coefficient (Wildman–Crippen LogP) is 4.60. The third kappa shape index (κ3) is 4.42. The highest BCUT2D eigenvalue weighted by atomic mass is 32.2. The molecule has 9 heteroatoms. The Morgan fingerprint density at radius 3 is 2.53 bits per heavy atom. The first-order valence-electron chi connectivity index (χ1n) is 11.9. The number of amides is 1. The quantitative estimate of drug-likeness (QED) is 0.370. The molecule has 2 aromatic heterocycles. The lowest BCUT2D eigenvalue weighted by Gasteiger charge is -2.39. The first-order valence-corrected chi connectivity index (χ1v) is 14.2. The van der Waals surface area contributed by atoms with Crippen molar-refractivity contribution < 1.29 is 17.9 Å². The summed E-state index contributed by atoms with van der Waals surface area (Å²) < 4.78 is 35.3. The molecule has 1 saturated heterocycles. The lowest BCUT2D eigenvalue weighted by molar-refractivity contribution is 0.0632. The molecule has 1 aliphatic heterocycles. The number of benzene rings is 2. The lowest BCUT2D eigenvalue weighted by Crippen LogP contribution is -2.55. The van der Waals surface area contributed by atoms with E-state index in [1.165, 1.54) is 15.4 Å². The van der Waals surface area contributed by atoms with Gasteiger partial charge in [-0.05, 0) is 66.8 Å². The van der Waals surface area contributed by atoms with Crippen molar-refractivity contribution in [2.24, 2.45) is 0 Å². The Balaban J connectivity index is 1.38. The van der Waals surface area contributed by atoms with Crippen molar-refractivity contribution in [3.63, 3.8) is 0 Å². The second-order valence-electron chi connectivity index (χ2n) is 9.11. The van der Waals surface area contributed by atoms with Gasteiger partial charge in [0.25, 0.3) is 5.91 Å². The number of carbonyl (C=O) groups excluding carboxylic acids is 1. The van der Waals surface area contributed by atoms with Gasteiger partial charge in [0.05, 0.1) is 12.0 Å². The number of rotatable bonds is 6. The molecule has 1 amide bonds. The Kier molecular flexibility index (Phi) is 6.63. The highest BCUT2D eigenvalue weighted by Crippen LogP contribution is 2.29. The highest BCUT2D eigenvalue weighted by molar-refractivity contribution is 7.89. The Labute approximate surface area is 215 Å². The van der Waals surface area contributed by atoms with Crippen molar-refractivity contribution in [2.45, 2.75) is 31.3 Å². The first kappa shape index (κ1) is 24.5. The molecule has 3 heterocycles. The third-order valence-corrected chi connectivity index (χ3v) is 9.81. The van der Waals surface area contributed by atoms with Crippen LogP contribution in [0, 0.1) is 6.92 Å². The fourth-order valence-electron chi connectivity index (χ4n) is 4.79. The van der Waals surface area contributed by atoms with Crippen LogP contribution in [0.25, 0.3) is 10.2 Å². The molecule has 0 bridgehead atoms. The number of carbonyl (C=O) groups is 1. The summed E-state index contributed by atoms with van der Waals surface area (Å²) in [5.74, 6) is 0.534. The van der Waals surface area contributed by atoms with Crippen LogP contribution in [0.15, 0.2) is 70.9 Å². The largest absolute Gasteiger partial charge is 0.497 e. The zero-order chi connectivity index (χ0) is 25.4. The maximum absolute atomic E-state index is 13.7. The van der Waals surface area contributed by atoms with Gasteiger partial charge in [-0.15, -0.1) is 11.3 Å². The molecule has 1 atom stereocenters. The molecular formula is C27H29N3O4S2. The van der Waals surface area contributed by atoms with Crippen molar-refractivity contribution in [3.8, 4) is 5.75 Å². The van der Waals surface area contributed by atoms with Gasteiger partial charge in [0.15, 0.2) is 0 Å². The van der Waals surface area contributed by atoms with Crippen molar-refractivity contribution >= 4 is 37.5 Å². The van der Waals surface area contributed by atoms with Gasteiger partial charge in [0.1, 0.15) is 16.3 Å². The van der Waals surface area contributed by atoms with E-state index in [1.807, 2.05) is 36.6 Å².